The van der Waals surface area contributed by atoms with E-state index in [2.05, 4.69) is 32.6 Å². The molecular weight excluding hydrogens is 222 g/mol. The third-order valence-corrected chi connectivity index (χ3v) is 3.88. The van der Waals surface area contributed by atoms with Crippen molar-refractivity contribution in [3.63, 3.8) is 0 Å². The molecule has 0 heterocycles. The zero-order chi connectivity index (χ0) is 13.6. The summed E-state index contributed by atoms with van der Waals surface area (Å²) < 4.78 is 0. The summed E-state index contributed by atoms with van der Waals surface area (Å²) >= 11 is 0. The van der Waals surface area contributed by atoms with Crippen LogP contribution in [0.5, 0.6) is 0 Å². The maximum absolute atomic E-state index is 11.6. The van der Waals surface area contributed by atoms with Crippen LogP contribution in [-0.2, 0) is 4.79 Å². The smallest absolute Gasteiger partial charge is 0.127 e. The molecular formula is C16H31NO. The van der Waals surface area contributed by atoms with Crippen molar-refractivity contribution in [2.75, 3.05) is 19.6 Å². The summed E-state index contributed by atoms with van der Waals surface area (Å²) in [5.74, 6) is 1.35. The summed E-state index contributed by atoms with van der Waals surface area (Å²) in [5.41, 5.74) is -0.0397. The second-order valence-electron chi connectivity index (χ2n) is 7.02. The summed E-state index contributed by atoms with van der Waals surface area (Å²) in [7, 11) is 0. The van der Waals surface area contributed by atoms with Crippen LogP contribution < -0.4 is 0 Å². The van der Waals surface area contributed by atoms with Crippen LogP contribution in [0.2, 0.25) is 0 Å². The van der Waals surface area contributed by atoms with Crippen molar-refractivity contribution in [1.82, 2.24) is 4.90 Å². The van der Waals surface area contributed by atoms with E-state index in [9.17, 15) is 4.79 Å². The Balaban J connectivity index is 2.63. The molecule has 2 nitrogen and oxygen atoms in total. The zero-order valence-corrected chi connectivity index (χ0v) is 12.7. The summed E-state index contributed by atoms with van der Waals surface area (Å²) in [6, 6.07) is 0. The van der Waals surface area contributed by atoms with Crippen LogP contribution in [-0.4, -0.2) is 30.8 Å². The highest BCUT2D eigenvalue weighted by Crippen LogP contribution is 2.35. The van der Waals surface area contributed by atoms with E-state index in [1.807, 2.05) is 0 Å². The lowest BCUT2D eigenvalue weighted by atomic mass is 9.74. The highest BCUT2D eigenvalue weighted by Gasteiger charge is 2.33. The molecule has 0 aromatic rings. The first-order valence-corrected chi connectivity index (χ1v) is 7.66. The van der Waals surface area contributed by atoms with Gasteiger partial charge >= 0.3 is 0 Å². The second-order valence-corrected chi connectivity index (χ2v) is 7.02. The van der Waals surface area contributed by atoms with E-state index in [4.69, 9.17) is 0 Å². The Morgan fingerprint density at radius 3 is 1.89 bits per heavy atom. The minimum absolute atomic E-state index is 0.0397. The van der Waals surface area contributed by atoms with E-state index in [1.54, 1.807) is 0 Å². The van der Waals surface area contributed by atoms with Gasteiger partial charge in [0, 0.05) is 25.0 Å². The average molecular weight is 253 g/mol. The van der Waals surface area contributed by atoms with Crippen molar-refractivity contribution in [3.8, 4) is 0 Å². The molecule has 0 radical (unpaired) electrons. The predicted octanol–water partition coefficient (Wildman–Crippen LogP) is 3.75. The molecule has 0 aliphatic heterocycles. The van der Waals surface area contributed by atoms with Crippen LogP contribution in [0.1, 0.15) is 59.8 Å². The number of nitrogens with zero attached hydrogens (tertiary/aromatic N) is 1. The van der Waals surface area contributed by atoms with Crippen LogP contribution >= 0.6 is 0 Å². The molecule has 1 aliphatic rings. The fourth-order valence-corrected chi connectivity index (χ4v) is 3.25. The van der Waals surface area contributed by atoms with Crippen LogP contribution in [0.15, 0.2) is 0 Å². The topological polar surface area (TPSA) is 20.3 Å². The van der Waals surface area contributed by atoms with Crippen molar-refractivity contribution in [1.29, 1.82) is 0 Å². The van der Waals surface area contributed by atoms with E-state index < -0.39 is 0 Å². The third-order valence-electron chi connectivity index (χ3n) is 3.88. The van der Waals surface area contributed by atoms with Gasteiger partial charge in [0.1, 0.15) is 6.29 Å². The molecule has 0 bridgehead atoms. The van der Waals surface area contributed by atoms with E-state index in [0.29, 0.717) is 11.8 Å². The molecule has 0 N–H and O–H groups in total. The lowest BCUT2D eigenvalue weighted by molar-refractivity contribution is -0.119. The zero-order valence-electron chi connectivity index (χ0n) is 12.7. The first kappa shape index (κ1) is 15.7. The van der Waals surface area contributed by atoms with Crippen molar-refractivity contribution < 1.29 is 4.79 Å². The fraction of sp³-hybridized carbons (Fsp3) is 0.938. The maximum Gasteiger partial charge on any atom is 0.127 e. The average Bonchev–Trinajstić information content (AvgIpc) is 2.28. The lowest BCUT2D eigenvalue weighted by Gasteiger charge is -2.38. The Morgan fingerprint density at radius 2 is 1.50 bits per heavy atom. The van der Waals surface area contributed by atoms with Crippen molar-refractivity contribution in [2.45, 2.75) is 59.8 Å². The molecule has 1 saturated carbocycles. The van der Waals surface area contributed by atoms with Gasteiger partial charge in [-0.1, -0.05) is 47.0 Å². The van der Waals surface area contributed by atoms with E-state index in [-0.39, 0.29) is 5.41 Å². The van der Waals surface area contributed by atoms with Crippen molar-refractivity contribution in [2.24, 2.45) is 17.3 Å². The van der Waals surface area contributed by atoms with Gasteiger partial charge in [-0.25, -0.2) is 0 Å². The molecule has 0 saturated heterocycles. The summed E-state index contributed by atoms with van der Waals surface area (Å²) in [5, 5.41) is 0. The number of hydrogen-bond donors (Lipinski definition) is 0. The fourth-order valence-electron chi connectivity index (χ4n) is 3.25. The van der Waals surface area contributed by atoms with Gasteiger partial charge in [-0.15, -0.1) is 0 Å². The van der Waals surface area contributed by atoms with Gasteiger partial charge < -0.3 is 9.69 Å². The highest BCUT2D eigenvalue weighted by atomic mass is 16.1. The standard InChI is InChI=1S/C16H31NO/c1-14(2)10-17(11-15(3)4)12-16(13-18)8-6-5-7-9-16/h13-15H,5-12H2,1-4H3. The molecule has 1 aliphatic carbocycles. The van der Waals surface area contributed by atoms with Crippen molar-refractivity contribution in [3.05, 3.63) is 0 Å². The largest absolute Gasteiger partial charge is 0.303 e. The van der Waals surface area contributed by atoms with Crippen LogP contribution in [0.3, 0.4) is 0 Å². The van der Waals surface area contributed by atoms with Gasteiger partial charge in [0.05, 0.1) is 0 Å². The molecule has 0 amide bonds. The predicted molar refractivity (Wildman–Crippen MR) is 77.7 cm³/mol. The van der Waals surface area contributed by atoms with E-state index in [0.717, 1.165) is 32.5 Å². The van der Waals surface area contributed by atoms with Crippen LogP contribution in [0.25, 0.3) is 0 Å². The SMILES string of the molecule is CC(C)CN(CC(C)C)CC1(C=O)CCCCC1. The molecule has 18 heavy (non-hydrogen) atoms. The number of aldehydes is 1. The van der Waals surface area contributed by atoms with Gasteiger partial charge in [-0.2, -0.15) is 0 Å². The Hall–Kier alpha value is -0.370. The maximum atomic E-state index is 11.6. The molecule has 1 fully saturated rings. The Morgan fingerprint density at radius 1 is 1.00 bits per heavy atom. The molecule has 2 heteroatoms. The first-order valence-electron chi connectivity index (χ1n) is 7.66. The summed E-state index contributed by atoms with van der Waals surface area (Å²) in [6.45, 7) is 12.3. The van der Waals surface area contributed by atoms with Crippen molar-refractivity contribution >= 4 is 6.29 Å². The number of carbonyl (C=O) groups is 1. The Bertz CT molecular complexity index is 231. The molecule has 106 valence electrons. The molecule has 1 rings (SSSR count). The van der Waals surface area contributed by atoms with Gasteiger partial charge in [0.2, 0.25) is 0 Å². The van der Waals surface area contributed by atoms with E-state index >= 15 is 0 Å². The minimum Gasteiger partial charge on any atom is -0.303 e. The molecule has 0 spiro atoms. The molecule has 0 aromatic heterocycles. The Labute approximate surface area is 113 Å². The van der Waals surface area contributed by atoms with Gasteiger partial charge in [0.25, 0.3) is 0 Å². The highest BCUT2D eigenvalue weighted by molar-refractivity contribution is 5.60. The third kappa shape index (κ3) is 5.09. The van der Waals surface area contributed by atoms with Crippen LogP contribution in [0, 0.1) is 17.3 Å². The number of carbonyl (C=O) groups excluding carboxylic acids is 1. The minimum atomic E-state index is -0.0397. The molecule has 0 aromatic carbocycles. The first-order chi connectivity index (χ1) is 8.47. The molecule has 0 atom stereocenters. The van der Waals surface area contributed by atoms with Gasteiger partial charge in [0.15, 0.2) is 0 Å². The summed E-state index contributed by atoms with van der Waals surface area (Å²) in [6.07, 6.45) is 7.24. The Kier molecular flexibility index (Phi) is 6.34. The number of hydrogen-bond acceptors (Lipinski definition) is 2. The normalized spacial score (nSPS) is 19.7. The monoisotopic (exact) mass is 253 g/mol. The van der Waals surface area contributed by atoms with Gasteiger partial charge in [-0.05, 0) is 24.7 Å². The number of rotatable bonds is 7. The molecule has 0 unspecified atom stereocenters. The lowest BCUT2D eigenvalue weighted by Crippen LogP contribution is -2.43. The van der Waals surface area contributed by atoms with Gasteiger partial charge in [-0.3, -0.25) is 0 Å². The second kappa shape index (κ2) is 7.28. The van der Waals surface area contributed by atoms with E-state index in [1.165, 1.54) is 25.5 Å². The quantitative estimate of drug-likeness (QED) is 0.644. The summed E-state index contributed by atoms with van der Waals surface area (Å²) in [4.78, 5) is 14.1. The van der Waals surface area contributed by atoms with Crippen LogP contribution in [0.4, 0.5) is 0 Å².